The summed E-state index contributed by atoms with van der Waals surface area (Å²) < 4.78 is 33.5. The molecule has 0 aliphatic carbocycles. The number of benzene rings is 3. The zero-order chi connectivity index (χ0) is 23.3. The Balaban J connectivity index is 1.67. The van der Waals surface area contributed by atoms with Crippen LogP contribution in [-0.4, -0.2) is 20.4 Å². The summed E-state index contributed by atoms with van der Waals surface area (Å²) in [5, 5.41) is 3.08. The topological polar surface area (TPSA) is 84.5 Å². The van der Waals surface area contributed by atoms with Crippen molar-refractivity contribution in [2.75, 3.05) is 10.0 Å². The number of rotatable bonds is 8. The van der Waals surface area contributed by atoms with Gasteiger partial charge in [0.1, 0.15) is 5.75 Å². The van der Waals surface area contributed by atoms with Gasteiger partial charge in [-0.15, -0.1) is 0 Å². The molecule has 2 N–H and O–H groups in total. The van der Waals surface area contributed by atoms with E-state index in [2.05, 4.69) is 10.0 Å². The molecule has 0 unspecified atom stereocenters. The van der Waals surface area contributed by atoms with E-state index in [-0.39, 0.29) is 26.5 Å². The SMILES string of the molecule is CCc1ccccc1O[C@H](C)C(=O)Nc1ccc(S(=O)(=O)Nc2cccc(Cl)c2Cl)cc1. The average molecular weight is 493 g/mol. The highest BCUT2D eigenvalue weighted by Gasteiger charge is 2.19. The Kier molecular flexibility index (Phi) is 7.66. The molecule has 6 nitrogen and oxygen atoms in total. The van der Waals surface area contributed by atoms with Gasteiger partial charge in [-0.1, -0.05) is 54.4 Å². The van der Waals surface area contributed by atoms with Crippen LogP contribution in [0.3, 0.4) is 0 Å². The highest BCUT2D eigenvalue weighted by Crippen LogP contribution is 2.31. The van der Waals surface area contributed by atoms with Crippen LogP contribution >= 0.6 is 23.2 Å². The number of halogens is 2. The first kappa shape index (κ1) is 23.9. The predicted octanol–water partition coefficient (Wildman–Crippen LogP) is 5.76. The van der Waals surface area contributed by atoms with E-state index in [1.165, 1.54) is 30.3 Å². The fraction of sp³-hybridized carbons (Fsp3) is 0.174. The monoisotopic (exact) mass is 492 g/mol. The van der Waals surface area contributed by atoms with Crippen LogP contribution in [0, 0.1) is 0 Å². The molecular weight excluding hydrogens is 471 g/mol. The van der Waals surface area contributed by atoms with Crippen LogP contribution in [0.15, 0.2) is 71.6 Å². The Labute approximate surface area is 197 Å². The van der Waals surface area contributed by atoms with Crippen LogP contribution in [0.2, 0.25) is 10.0 Å². The predicted molar refractivity (Wildman–Crippen MR) is 128 cm³/mol. The zero-order valence-corrected chi connectivity index (χ0v) is 19.8. The van der Waals surface area contributed by atoms with E-state index in [1.807, 2.05) is 31.2 Å². The summed E-state index contributed by atoms with van der Waals surface area (Å²) in [5.74, 6) is 0.306. The number of hydrogen-bond donors (Lipinski definition) is 2. The number of para-hydroxylation sites is 1. The molecule has 0 saturated heterocycles. The summed E-state index contributed by atoms with van der Waals surface area (Å²) in [6.45, 7) is 3.66. The molecule has 0 fully saturated rings. The van der Waals surface area contributed by atoms with Crippen molar-refractivity contribution in [1.29, 1.82) is 0 Å². The van der Waals surface area contributed by atoms with Crippen molar-refractivity contribution in [3.63, 3.8) is 0 Å². The fourth-order valence-corrected chi connectivity index (χ4v) is 4.38. The van der Waals surface area contributed by atoms with Gasteiger partial charge in [-0.25, -0.2) is 8.42 Å². The first-order valence-electron chi connectivity index (χ1n) is 9.83. The molecule has 0 bridgehead atoms. The minimum absolute atomic E-state index is 0.00714. The largest absolute Gasteiger partial charge is 0.481 e. The highest BCUT2D eigenvalue weighted by atomic mass is 35.5. The summed E-state index contributed by atoms with van der Waals surface area (Å²) in [6, 6.07) is 18.0. The minimum atomic E-state index is -3.89. The molecule has 0 spiro atoms. The van der Waals surface area contributed by atoms with Crippen molar-refractivity contribution in [1.82, 2.24) is 0 Å². The van der Waals surface area contributed by atoms with Gasteiger partial charge in [0.2, 0.25) is 0 Å². The van der Waals surface area contributed by atoms with Gasteiger partial charge in [-0.2, -0.15) is 0 Å². The third-order valence-corrected chi connectivity index (χ3v) is 6.85. The molecule has 0 heterocycles. The van der Waals surface area contributed by atoms with E-state index < -0.39 is 16.1 Å². The molecule has 0 saturated carbocycles. The lowest BCUT2D eigenvalue weighted by Crippen LogP contribution is -2.30. The second-order valence-corrected chi connectivity index (χ2v) is 9.41. The van der Waals surface area contributed by atoms with Gasteiger partial charge in [0, 0.05) is 5.69 Å². The smallest absolute Gasteiger partial charge is 0.265 e. The number of ether oxygens (including phenoxy) is 1. The molecule has 1 atom stereocenters. The Morgan fingerprint density at radius 2 is 1.69 bits per heavy atom. The van der Waals surface area contributed by atoms with Gasteiger partial charge < -0.3 is 10.1 Å². The molecule has 168 valence electrons. The van der Waals surface area contributed by atoms with Crippen molar-refractivity contribution in [3.8, 4) is 5.75 Å². The van der Waals surface area contributed by atoms with Gasteiger partial charge in [0.25, 0.3) is 15.9 Å². The fourth-order valence-electron chi connectivity index (χ4n) is 2.90. The van der Waals surface area contributed by atoms with Crippen LogP contribution in [0.4, 0.5) is 11.4 Å². The number of carbonyl (C=O) groups is 1. The normalized spacial score (nSPS) is 12.1. The summed E-state index contributed by atoms with van der Waals surface area (Å²) >= 11 is 12.0. The quantitative estimate of drug-likeness (QED) is 0.418. The summed E-state index contributed by atoms with van der Waals surface area (Å²) in [7, 11) is -3.89. The molecule has 0 aliphatic rings. The van der Waals surface area contributed by atoms with Crippen LogP contribution in [0.1, 0.15) is 19.4 Å². The van der Waals surface area contributed by atoms with Crippen molar-refractivity contribution in [2.24, 2.45) is 0 Å². The third-order valence-electron chi connectivity index (χ3n) is 4.65. The van der Waals surface area contributed by atoms with E-state index in [0.717, 1.165) is 12.0 Å². The van der Waals surface area contributed by atoms with Crippen molar-refractivity contribution < 1.29 is 17.9 Å². The Morgan fingerprint density at radius 3 is 2.38 bits per heavy atom. The molecular formula is C23H22Cl2N2O4S. The van der Waals surface area contributed by atoms with Crippen molar-refractivity contribution >= 4 is 50.5 Å². The van der Waals surface area contributed by atoms with Crippen LogP contribution < -0.4 is 14.8 Å². The van der Waals surface area contributed by atoms with Crippen molar-refractivity contribution in [2.45, 2.75) is 31.3 Å². The molecule has 0 aromatic heterocycles. The second-order valence-electron chi connectivity index (χ2n) is 6.94. The first-order chi connectivity index (χ1) is 15.2. The lowest BCUT2D eigenvalue weighted by Gasteiger charge is -2.17. The third kappa shape index (κ3) is 5.73. The number of carbonyl (C=O) groups excluding carboxylic acids is 1. The van der Waals surface area contributed by atoms with Crippen LogP contribution in [0.5, 0.6) is 5.75 Å². The molecule has 1 amide bonds. The molecule has 32 heavy (non-hydrogen) atoms. The van der Waals surface area contributed by atoms with E-state index in [9.17, 15) is 13.2 Å². The lowest BCUT2D eigenvalue weighted by atomic mass is 10.1. The van der Waals surface area contributed by atoms with Gasteiger partial charge in [0.05, 0.1) is 20.6 Å². The standard InChI is InChI=1S/C23H22Cl2N2O4S/c1-3-16-7-4-5-10-21(16)31-15(2)23(28)26-17-11-13-18(14-12-17)32(29,30)27-20-9-6-8-19(24)22(20)25/h4-15,27H,3H2,1-2H3,(H,26,28)/t15-/m1/s1. The highest BCUT2D eigenvalue weighted by molar-refractivity contribution is 7.92. The van der Waals surface area contributed by atoms with Crippen LogP contribution in [-0.2, 0) is 21.2 Å². The maximum Gasteiger partial charge on any atom is 0.265 e. The number of amides is 1. The van der Waals surface area contributed by atoms with Gasteiger partial charge in [-0.05, 0) is 61.4 Å². The maximum atomic E-state index is 12.7. The lowest BCUT2D eigenvalue weighted by molar-refractivity contribution is -0.122. The Bertz CT molecular complexity index is 1210. The molecule has 0 aliphatic heterocycles. The summed E-state index contributed by atoms with van der Waals surface area (Å²) in [4.78, 5) is 12.5. The second kappa shape index (κ2) is 10.3. The minimum Gasteiger partial charge on any atom is -0.481 e. The maximum absolute atomic E-state index is 12.7. The van der Waals surface area contributed by atoms with Crippen molar-refractivity contribution in [3.05, 3.63) is 82.3 Å². The Morgan fingerprint density at radius 1 is 1.00 bits per heavy atom. The number of aryl methyl sites for hydroxylation is 1. The molecule has 9 heteroatoms. The summed E-state index contributed by atoms with van der Waals surface area (Å²) in [5.41, 5.74) is 1.62. The van der Waals surface area contributed by atoms with E-state index in [4.69, 9.17) is 27.9 Å². The number of nitrogens with one attached hydrogen (secondary N) is 2. The number of anilines is 2. The molecule has 0 radical (unpaired) electrons. The van der Waals surface area contributed by atoms with E-state index in [1.54, 1.807) is 19.1 Å². The van der Waals surface area contributed by atoms with Gasteiger partial charge >= 0.3 is 0 Å². The van der Waals surface area contributed by atoms with E-state index in [0.29, 0.717) is 11.4 Å². The molecule has 3 aromatic carbocycles. The zero-order valence-electron chi connectivity index (χ0n) is 17.4. The number of sulfonamides is 1. The molecule has 3 rings (SSSR count). The molecule has 3 aromatic rings. The average Bonchev–Trinajstić information content (AvgIpc) is 2.77. The van der Waals surface area contributed by atoms with Crippen LogP contribution in [0.25, 0.3) is 0 Å². The Hall–Kier alpha value is -2.74. The van der Waals surface area contributed by atoms with E-state index >= 15 is 0 Å². The van der Waals surface area contributed by atoms with Gasteiger partial charge in [0.15, 0.2) is 6.10 Å². The first-order valence-corrected chi connectivity index (χ1v) is 12.1. The number of hydrogen-bond acceptors (Lipinski definition) is 4. The summed E-state index contributed by atoms with van der Waals surface area (Å²) in [6.07, 6.45) is 0.0484. The van der Waals surface area contributed by atoms with Gasteiger partial charge in [-0.3, -0.25) is 9.52 Å².